The van der Waals surface area contributed by atoms with Crippen molar-refractivity contribution < 1.29 is 4.79 Å². The maximum Gasteiger partial charge on any atom is 0.271 e. The number of rotatable bonds is 4. The molecular weight excluding hydrogens is 346 g/mol. The first-order valence-electron chi connectivity index (χ1n) is 9.22. The molecule has 0 aliphatic heterocycles. The number of fused-ring (bicyclic) bond motifs is 1. The zero-order chi connectivity index (χ0) is 17.9. The van der Waals surface area contributed by atoms with Crippen LogP contribution in [0.2, 0.25) is 5.02 Å². The Kier molecular flexibility index (Phi) is 4.93. The highest BCUT2D eigenvalue weighted by molar-refractivity contribution is 6.33. The van der Waals surface area contributed by atoms with Crippen LogP contribution in [0.3, 0.4) is 0 Å². The maximum absolute atomic E-state index is 12.5. The molecule has 1 fully saturated rings. The fourth-order valence-corrected chi connectivity index (χ4v) is 3.92. The topological polar surface area (TPSA) is 46.4 Å². The van der Waals surface area contributed by atoms with E-state index in [0.717, 1.165) is 23.3 Å². The third-order valence-corrected chi connectivity index (χ3v) is 5.47. The number of nitrogens with zero attached hydrogens (tertiary/aromatic N) is 2. The van der Waals surface area contributed by atoms with Crippen molar-refractivity contribution in [1.82, 2.24) is 14.7 Å². The number of imidazole rings is 1. The molecule has 5 heteroatoms. The van der Waals surface area contributed by atoms with Gasteiger partial charge in [-0.05, 0) is 42.5 Å². The van der Waals surface area contributed by atoms with Crippen LogP contribution in [0.4, 0.5) is 0 Å². The predicted octanol–water partition coefficient (Wildman–Crippen LogP) is 4.96. The molecule has 1 aromatic carbocycles. The lowest BCUT2D eigenvalue weighted by molar-refractivity contribution is 0.0939. The first kappa shape index (κ1) is 17.1. The van der Waals surface area contributed by atoms with E-state index < -0.39 is 0 Å². The summed E-state index contributed by atoms with van der Waals surface area (Å²) in [5, 5.41) is 3.76. The Labute approximate surface area is 158 Å². The molecule has 0 radical (unpaired) electrons. The van der Waals surface area contributed by atoms with E-state index in [1.54, 1.807) is 6.20 Å². The van der Waals surface area contributed by atoms with Crippen LogP contribution < -0.4 is 5.32 Å². The number of amides is 1. The van der Waals surface area contributed by atoms with Crippen LogP contribution in [0.1, 0.15) is 42.6 Å². The molecule has 0 saturated heterocycles. The van der Waals surface area contributed by atoms with Crippen LogP contribution in [-0.2, 0) is 0 Å². The lowest BCUT2D eigenvalue weighted by Crippen LogP contribution is -2.30. The van der Waals surface area contributed by atoms with Crippen molar-refractivity contribution in [3.05, 3.63) is 59.5 Å². The van der Waals surface area contributed by atoms with E-state index in [4.69, 9.17) is 11.6 Å². The second-order valence-corrected chi connectivity index (χ2v) is 7.41. The van der Waals surface area contributed by atoms with Crippen molar-refractivity contribution in [3.8, 4) is 11.1 Å². The van der Waals surface area contributed by atoms with Gasteiger partial charge in [0.05, 0.1) is 0 Å². The quantitative estimate of drug-likeness (QED) is 0.708. The van der Waals surface area contributed by atoms with E-state index in [1.807, 2.05) is 47.0 Å². The van der Waals surface area contributed by atoms with Crippen molar-refractivity contribution in [1.29, 1.82) is 0 Å². The molecule has 1 saturated carbocycles. The highest BCUT2D eigenvalue weighted by Crippen LogP contribution is 2.27. The first-order chi connectivity index (χ1) is 12.7. The zero-order valence-electron chi connectivity index (χ0n) is 14.6. The second-order valence-electron chi connectivity index (χ2n) is 7.00. The summed E-state index contributed by atoms with van der Waals surface area (Å²) in [7, 11) is 0. The summed E-state index contributed by atoms with van der Waals surface area (Å²) < 4.78 is 1.88. The molecule has 0 bridgehead atoms. The normalized spacial score (nSPS) is 15.3. The van der Waals surface area contributed by atoms with E-state index in [9.17, 15) is 4.79 Å². The number of pyridine rings is 1. The Morgan fingerprint density at radius 1 is 1.12 bits per heavy atom. The first-order valence-corrected chi connectivity index (χ1v) is 9.60. The molecule has 1 N–H and O–H groups in total. The van der Waals surface area contributed by atoms with Crippen LogP contribution in [0.25, 0.3) is 16.8 Å². The van der Waals surface area contributed by atoms with Gasteiger partial charge in [-0.1, -0.05) is 49.1 Å². The Hall–Kier alpha value is -2.33. The van der Waals surface area contributed by atoms with Gasteiger partial charge in [0.2, 0.25) is 0 Å². The minimum Gasteiger partial charge on any atom is -0.350 e. The van der Waals surface area contributed by atoms with E-state index in [2.05, 4.69) is 10.3 Å². The fourth-order valence-electron chi connectivity index (χ4n) is 3.67. The molecule has 3 aromatic rings. The molecule has 2 aromatic heterocycles. The van der Waals surface area contributed by atoms with E-state index in [0.29, 0.717) is 16.6 Å². The van der Waals surface area contributed by atoms with Gasteiger partial charge in [-0.15, -0.1) is 0 Å². The van der Waals surface area contributed by atoms with Gasteiger partial charge in [0.25, 0.3) is 5.91 Å². The van der Waals surface area contributed by atoms with Gasteiger partial charge in [-0.2, -0.15) is 0 Å². The van der Waals surface area contributed by atoms with Crippen LogP contribution in [0.5, 0.6) is 0 Å². The molecule has 2 heterocycles. The Bertz CT molecular complexity index is 928. The summed E-state index contributed by atoms with van der Waals surface area (Å²) in [5.41, 5.74) is 3.17. The molecule has 1 amide bonds. The average molecular weight is 368 g/mol. The van der Waals surface area contributed by atoms with Crippen LogP contribution in [0, 0.1) is 5.92 Å². The van der Waals surface area contributed by atoms with Crippen LogP contribution in [0.15, 0.2) is 48.8 Å². The molecule has 0 atom stereocenters. The predicted molar refractivity (Wildman–Crippen MR) is 105 cm³/mol. The summed E-state index contributed by atoms with van der Waals surface area (Å²) >= 11 is 6.29. The number of halogens is 1. The maximum atomic E-state index is 12.5. The monoisotopic (exact) mass is 367 g/mol. The van der Waals surface area contributed by atoms with Gasteiger partial charge >= 0.3 is 0 Å². The summed E-state index contributed by atoms with van der Waals surface area (Å²) in [4.78, 5) is 16.9. The van der Waals surface area contributed by atoms with Gasteiger partial charge in [0, 0.05) is 29.5 Å². The molecule has 0 spiro atoms. The van der Waals surface area contributed by atoms with Crippen molar-refractivity contribution in [2.24, 2.45) is 5.92 Å². The highest BCUT2D eigenvalue weighted by Gasteiger charge is 2.16. The van der Waals surface area contributed by atoms with Gasteiger partial charge in [0.15, 0.2) is 0 Å². The van der Waals surface area contributed by atoms with Crippen LogP contribution >= 0.6 is 11.6 Å². The number of aromatic nitrogens is 2. The van der Waals surface area contributed by atoms with E-state index >= 15 is 0 Å². The van der Waals surface area contributed by atoms with Gasteiger partial charge in [-0.25, -0.2) is 4.98 Å². The molecule has 4 nitrogen and oxygen atoms in total. The molecule has 26 heavy (non-hydrogen) atoms. The molecule has 0 unspecified atom stereocenters. The Balaban J connectivity index is 1.52. The largest absolute Gasteiger partial charge is 0.350 e. The lowest BCUT2D eigenvalue weighted by atomic mass is 9.89. The minimum absolute atomic E-state index is 0.0985. The standard InChI is InChI=1S/C21H22ClN3O/c22-18-9-5-4-8-17(18)16-10-11-20-24-19(14-25(20)13-16)21(26)23-12-15-6-2-1-3-7-15/h4-5,8-11,13-15H,1-3,6-7,12H2,(H,23,26). The number of benzene rings is 1. The lowest BCUT2D eigenvalue weighted by Gasteiger charge is -2.21. The number of hydrogen-bond donors (Lipinski definition) is 1. The van der Waals surface area contributed by atoms with Crippen LogP contribution in [-0.4, -0.2) is 21.8 Å². The minimum atomic E-state index is -0.0985. The second kappa shape index (κ2) is 7.50. The summed E-state index contributed by atoms with van der Waals surface area (Å²) in [5.74, 6) is 0.509. The molecule has 4 rings (SSSR count). The van der Waals surface area contributed by atoms with Crippen molar-refractivity contribution in [3.63, 3.8) is 0 Å². The number of hydrogen-bond acceptors (Lipinski definition) is 2. The molecule has 1 aliphatic carbocycles. The molecular formula is C21H22ClN3O. The number of carbonyl (C=O) groups excluding carboxylic acids is 1. The third-order valence-electron chi connectivity index (χ3n) is 5.14. The van der Waals surface area contributed by atoms with Gasteiger partial charge in [0.1, 0.15) is 11.3 Å². The smallest absolute Gasteiger partial charge is 0.271 e. The number of carbonyl (C=O) groups is 1. The van der Waals surface area contributed by atoms with Crippen molar-refractivity contribution >= 4 is 23.2 Å². The molecule has 134 valence electrons. The Morgan fingerprint density at radius 2 is 1.92 bits per heavy atom. The molecule has 1 aliphatic rings. The fraction of sp³-hybridized carbons (Fsp3) is 0.333. The SMILES string of the molecule is O=C(NCC1CCCCC1)c1cn2cc(-c3ccccc3Cl)ccc2n1. The van der Waals surface area contributed by atoms with Gasteiger partial charge in [-0.3, -0.25) is 4.79 Å². The average Bonchev–Trinajstić information content (AvgIpc) is 3.11. The van der Waals surface area contributed by atoms with E-state index in [1.165, 1.54) is 32.1 Å². The highest BCUT2D eigenvalue weighted by atomic mass is 35.5. The summed E-state index contributed by atoms with van der Waals surface area (Å²) in [6.45, 7) is 0.748. The third kappa shape index (κ3) is 3.61. The van der Waals surface area contributed by atoms with Crippen molar-refractivity contribution in [2.45, 2.75) is 32.1 Å². The van der Waals surface area contributed by atoms with Crippen molar-refractivity contribution in [2.75, 3.05) is 6.54 Å². The van der Waals surface area contributed by atoms with Gasteiger partial charge < -0.3 is 9.72 Å². The van der Waals surface area contributed by atoms with E-state index in [-0.39, 0.29) is 5.91 Å². The Morgan fingerprint density at radius 3 is 2.73 bits per heavy atom. The summed E-state index contributed by atoms with van der Waals surface area (Å²) in [6, 6.07) is 11.6. The zero-order valence-corrected chi connectivity index (χ0v) is 15.4. The number of nitrogens with one attached hydrogen (secondary N) is 1. The summed E-state index contributed by atoms with van der Waals surface area (Å²) in [6.07, 6.45) is 10.1.